The van der Waals surface area contributed by atoms with Gasteiger partial charge in [0.1, 0.15) is 0 Å². The van der Waals surface area contributed by atoms with Crippen molar-refractivity contribution in [3.8, 4) is 0 Å². The minimum atomic E-state index is -0.594. The third-order valence-corrected chi connectivity index (χ3v) is 5.52. The second-order valence-corrected chi connectivity index (χ2v) is 7.28. The smallest absolute Gasteiger partial charge is 0.415 e. The molecule has 1 heterocycles. The lowest BCUT2D eigenvalue weighted by molar-refractivity contribution is 0.00885. The molecule has 0 aromatic heterocycles. The van der Waals surface area contributed by atoms with E-state index < -0.39 is 5.60 Å². The van der Waals surface area contributed by atoms with Gasteiger partial charge in [-0.25, -0.2) is 4.79 Å². The second-order valence-electron chi connectivity index (χ2n) is 6.37. The Morgan fingerprint density at radius 1 is 1.17 bits per heavy atom. The SMILES string of the molecule is CC(c1ccc(Br)cc1)N1C=CC2(CCc3ccccc32)OC1=O. The van der Waals surface area contributed by atoms with Gasteiger partial charge in [-0.15, -0.1) is 0 Å². The summed E-state index contributed by atoms with van der Waals surface area (Å²) in [6.45, 7) is 2.01. The number of halogens is 1. The number of amides is 1. The molecule has 2 aromatic rings. The van der Waals surface area contributed by atoms with Gasteiger partial charge in [-0.2, -0.15) is 0 Å². The van der Waals surface area contributed by atoms with E-state index in [1.165, 1.54) is 5.56 Å². The number of nitrogens with zero attached hydrogens (tertiary/aromatic N) is 1. The Morgan fingerprint density at radius 2 is 1.92 bits per heavy atom. The van der Waals surface area contributed by atoms with E-state index in [4.69, 9.17) is 4.74 Å². The lowest BCUT2D eigenvalue weighted by Crippen LogP contribution is -2.40. The Hall–Kier alpha value is -2.07. The van der Waals surface area contributed by atoms with Crippen LogP contribution in [0.3, 0.4) is 0 Å². The first-order valence-corrected chi connectivity index (χ1v) is 8.93. The number of carbonyl (C=O) groups excluding carboxylic acids is 1. The average molecular weight is 384 g/mol. The molecule has 24 heavy (non-hydrogen) atoms. The van der Waals surface area contributed by atoms with E-state index in [9.17, 15) is 4.79 Å². The van der Waals surface area contributed by atoms with E-state index in [2.05, 4.69) is 28.1 Å². The van der Waals surface area contributed by atoms with Crippen LogP contribution in [0.1, 0.15) is 36.1 Å². The Labute approximate surface area is 150 Å². The van der Waals surface area contributed by atoms with Crippen molar-refractivity contribution in [1.29, 1.82) is 0 Å². The van der Waals surface area contributed by atoms with Crippen LogP contribution in [0.5, 0.6) is 0 Å². The first-order valence-electron chi connectivity index (χ1n) is 8.14. The van der Waals surface area contributed by atoms with Crippen molar-refractivity contribution in [2.45, 2.75) is 31.4 Å². The van der Waals surface area contributed by atoms with Gasteiger partial charge in [0.05, 0.1) is 6.04 Å². The van der Waals surface area contributed by atoms with Crippen molar-refractivity contribution >= 4 is 22.0 Å². The lowest BCUT2D eigenvalue weighted by Gasteiger charge is -2.37. The van der Waals surface area contributed by atoms with E-state index in [1.54, 1.807) is 4.90 Å². The molecule has 3 nitrogen and oxygen atoms in total. The van der Waals surface area contributed by atoms with Crippen LogP contribution in [0.2, 0.25) is 0 Å². The molecular weight excluding hydrogens is 366 g/mol. The maximum absolute atomic E-state index is 12.7. The van der Waals surface area contributed by atoms with Crippen LogP contribution in [0.15, 0.2) is 65.3 Å². The maximum atomic E-state index is 12.7. The summed E-state index contributed by atoms with van der Waals surface area (Å²) in [6.07, 6.45) is 5.39. The number of hydrogen-bond acceptors (Lipinski definition) is 2. The van der Waals surface area contributed by atoms with Gasteiger partial charge in [-0.3, -0.25) is 4.90 Å². The summed E-state index contributed by atoms with van der Waals surface area (Å²) in [7, 11) is 0. The molecule has 0 saturated carbocycles. The van der Waals surface area contributed by atoms with E-state index in [-0.39, 0.29) is 12.1 Å². The highest BCUT2D eigenvalue weighted by Crippen LogP contribution is 2.44. The van der Waals surface area contributed by atoms with Gasteiger partial charge < -0.3 is 4.74 Å². The fourth-order valence-electron chi connectivity index (χ4n) is 3.58. The molecule has 0 radical (unpaired) electrons. The average Bonchev–Trinajstić information content (AvgIpc) is 2.94. The first kappa shape index (κ1) is 15.5. The molecular formula is C20H18BrNO2. The highest BCUT2D eigenvalue weighted by atomic mass is 79.9. The van der Waals surface area contributed by atoms with Crippen LogP contribution in [-0.2, 0) is 16.8 Å². The molecule has 0 fully saturated rings. The number of ether oxygens (including phenoxy) is 1. The number of aryl methyl sites for hydroxylation is 1. The molecule has 2 atom stereocenters. The summed E-state index contributed by atoms with van der Waals surface area (Å²) < 4.78 is 6.96. The third kappa shape index (κ3) is 2.46. The van der Waals surface area contributed by atoms with Crippen molar-refractivity contribution in [3.63, 3.8) is 0 Å². The summed E-state index contributed by atoms with van der Waals surface area (Å²) in [5, 5.41) is 0. The van der Waals surface area contributed by atoms with Crippen LogP contribution >= 0.6 is 15.9 Å². The highest BCUT2D eigenvalue weighted by molar-refractivity contribution is 9.10. The minimum Gasteiger partial charge on any atom is -0.433 e. The quantitative estimate of drug-likeness (QED) is 0.702. The third-order valence-electron chi connectivity index (χ3n) is 4.99. The zero-order valence-corrected chi connectivity index (χ0v) is 15.0. The van der Waals surface area contributed by atoms with Gasteiger partial charge in [-0.1, -0.05) is 52.3 Å². The second kappa shape index (κ2) is 5.78. The molecule has 2 unspecified atom stereocenters. The van der Waals surface area contributed by atoms with Crippen LogP contribution < -0.4 is 0 Å². The van der Waals surface area contributed by atoms with E-state index in [1.807, 2.05) is 55.6 Å². The predicted molar refractivity (Wildman–Crippen MR) is 96.5 cm³/mol. The monoisotopic (exact) mass is 383 g/mol. The van der Waals surface area contributed by atoms with Gasteiger partial charge in [0.25, 0.3) is 0 Å². The van der Waals surface area contributed by atoms with Gasteiger partial charge in [0.15, 0.2) is 5.60 Å². The van der Waals surface area contributed by atoms with Gasteiger partial charge >= 0.3 is 6.09 Å². The predicted octanol–water partition coefficient (Wildman–Crippen LogP) is 5.32. The van der Waals surface area contributed by atoms with E-state index in [0.717, 1.165) is 28.4 Å². The van der Waals surface area contributed by atoms with Gasteiger partial charge in [0, 0.05) is 16.2 Å². The zero-order valence-electron chi connectivity index (χ0n) is 13.4. The Kier molecular flexibility index (Phi) is 3.72. The molecule has 0 N–H and O–H groups in total. The Balaban J connectivity index is 1.64. The topological polar surface area (TPSA) is 29.5 Å². The van der Waals surface area contributed by atoms with Crippen LogP contribution in [0, 0.1) is 0 Å². The summed E-state index contributed by atoms with van der Waals surface area (Å²) >= 11 is 3.44. The minimum absolute atomic E-state index is 0.0733. The highest BCUT2D eigenvalue weighted by Gasteiger charge is 2.44. The number of carbonyl (C=O) groups is 1. The zero-order chi connectivity index (χ0) is 16.7. The van der Waals surface area contributed by atoms with Crippen LogP contribution in [0.4, 0.5) is 4.79 Å². The number of fused-ring (bicyclic) bond motifs is 2. The molecule has 1 amide bonds. The summed E-state index contributed by atoms with van der Waals surface area (Å²) in [4.78, 5) is 14.4. The lowest BCUT2D eigenvalue weighted by atomic mass is 9.94. The van der Waals surface area contributed by atoms with E-state index in [0.29, 0.717) is 0 Å². The maximum Gasteiger partial charge on any atom is 0.415 e. The molecule has 1 spiro atoms. The van der Waals surface area contributed by atoms with Crippen molar-refractivity contribution in [3.05, 3.63) is 82.0 Å². The Bertz CT molecular complexity index is 815. The molecule has 2 aromatic carbocycles. The largest absolute Gasteiger partial charge is 0.433 e. The fraction of sp³-hybridized carbons (Fsp3) is 0.250. The van der Waals surface area contributed by atoms with Gasteiger partial charge in [0.2, 0.25) is 0 Å². The van der Waals surface area contributed by atoms with Crippen molar-refractivity contribution in [2.75, 3.05) is 0 Å². The molecule has 1 aliphatic carbocycles. The van der Waals surface area contributed by atoms with Crippen molar-refractivity contribution < 1.29 is 9.53 Å². The molecule has 0 bridgehead atoms. The van der Waals surface area contributed by atoms with E-state index >= 15 is 0 Å². The molecule has 2 aliphatic rings. The fourth-order valence-corrected chi connectivity index (χ4v) is 3.84. The van der Waals surface area contributed by atoms with Crippen molar-refractivity contribution in [2.24, 2.45) is 0 Å². The molecule has 4 rings (SSSR count). The first-order chi connectivity index (χ1) is 11.6. The summed E-state index contributed by atoms with van der Waals surface area (Å²) in [5.41, 5.74) is 2.86. The summed E-state index contributed by atoms with van der Waals surface area (Å²) in [5.74, 6) is 0. The molecule has 0 saturated heterocycles. The number of rotatable bonds is 2. The summed E-state index contributed by atoms with van der Waals surface area (Å²) in [6, 6.07) is 16.2. The number of benzene rings is 2. The van der Waals surface area contributed by atoms with Crippen LogP contribution in [-0.4, -0.2) is 11.0 Å². The normalized spacial score (nSPS) is 23.2. The molecule has 122 valence electrons. The molecule has 1 aliphatic heterocycles. The number of hydrogen-bond donors (Lipinski definition) is 0. The molecule has 4 heteroatoms. The van der Waals surface area contributed by atoms with Gasteiger partial charge in [-0.05, 0) is 49.1 Å². The standard InChI is InChI=1S/C20H18BrNO2/c1-14(15-6-8-17(21)9-7-15)22-13-12-20(24-19(22)23)11-10-16-4-2-3-5-18(16)20/h2-9,12-14H,10-11H2,1H3. The Morgan fingerprint density at radius 3 is 2.67 bits per heavy atom. The van der Waals surface area contributed by atoms with Crippen LogP contribution in [0.25, 0.3) is 0 Å². The van der Waals surface area contributed by atoms with Crippen molar-refractivity contribution in [1.82, 2.24) is 4.90 Å².